The zero-order valence-corrected chi connectivity index (χ0v) is 12.2. The van der Waals surface area contributed by atoms with Gasteiger partial charge in [-0.1, -0.05) is 31.8 Å². The Hall–Kier alpha value is -1.73. The zero-order chi connectivity index (χ0) is 13.9. The highest BCUT2D eigenvalue weighted by Crippen LogP contribution is 2.33. The minimum atomic E-state index is -1.23. The van der Waals surface area contributed by atoms with E-state index in [0.717, 1.165) is 6.04 Å². The zero-order valence-electron chi connectivity index (χ0n) is 11.2. The molecule has 0 amide bonds. The summed E-state index contributed by atoms with van der Waals surface area (Å²) in [7, 11) is -1.23. The maximum atomic E-state index is 11.4. The Balaban J connectivity index is 1.73. The molecular weight excluding hydrogens is 266 g/mol. The first kappa shape index (κ1) is 13.7. The van der Waals surface area contributed by atoms with Crippen LogP contribution >= 0.6 is 0 Å². The molecule has 19 heavy (non-hydrogen) atoms. The lowest BCUT2D eigenvalue weighted by molar-refractivity contribution is -0.408. The average molecular weight is 283 g/mol. The molecule has 0 saturated carbocycles. The number of nitrogens with zero attached hydrogens (tertiary/aromatic N) is 1. The number of hydrogen-bond donors (Lipinski definition) is 0. The molecule has 0 spiro atoms. The molecule has 104 valence electrons. The van der Waals surface area contributed by atoms with Gasteiger partial charge in [0, 0.05) is 8.07 Å². The quantitative estimate of drug-likeness (QED) is 0.625. The summed E-state index contributed by atoms with van der Waals surface area (Å²) in [5, 5.41) is 0.640. The lowest BCUT2D eigenvalue weighted by atomic mass is 10.3. The number of para-hydroxylation sites is 2. The second kappa shape index (κ2) is 5.50. The fourth-order valence-electron chi connectivity index (χ4n) is 1.35. The summed E-state index contributed by atoms with van der Waals surface area (Å²) < 4.78 is 4.95. The summed E-state index contributed by atoms with van der Waals surface area (Å²) in [5.41, 5.74) is 0. The number of hydrogen-bond acceptors (Lipinski definition) is 6. The molecule has 2 rings (SSSR count). The van der Waals surface area contributed by atoms with Gasteiger partial charge >= 0.3 is 6.16 Å². The van der Waals surface area contributed by atoms with E-state index >= 15 is 0 Å². The van der Waals surface area contributed by atoms with Crippen LogP contribution in [0.5, 0.6) is 11.5 Å². The molecule has 7 heteroatoms. The van der Waals surface area contributed by atoms with Crippen molar-refractivity contribution in [2.45, 2.75) is 25.7 Å². The molecule has 1 aromatic carbocycles. The van der Waals surface area contributed by atoms with Crippen molar-refractivity contribution < 1.29 is 24.0 Å². The van der Waals surface area contributed by atoms with E-state index in [0.29, 0.717) is 23.5 Å². The van der Waals surface area contributed by atoms with Crippen LogP contribution in [0.1, 0.15) is 0 Å². The summed E-state index contributed by atoms with van der Waals surface area (Å²) in [6.07, 6.45) is -0.842. The van der Waals surface area contributed by atoms with Gasteiger partial charge in [0.25, 0.3) is 0 Å². The summed E-state index contributed by atoms with van der Waals surface area (Å²) in [6.45, 7) is 6.94. The second-order valence-electron chi connectivity index (χ2n) is 5.35. The molecule has 1 heterocycles. The fourth-order valence-corrected chi connectivity index (χ4v) is 2.06. The average Bonchev–Trinajstić information content (AvgIpc) is 2.68. The number of rotatable bonds is 4. The van der Waals surface area contributed by atoms with Crippen molar-refractivity contribution in [3.8, 4) is 11.5 Å². The molecule has 0 unspecified atom stereocenters. The van der Waals surface area contributed by atoms with E-state index in [9.17, 15) is 4.79 Å². The van der Waals surface area contributed by atoms with Crippen LogP contribution in [0.4, 0.5) is 4.79 Å². The van der Waals surface area contributed by atoms with Crippen molar-refractivity contribution in [2.75, 3.05) is 6.61 Å². The van der Waals surface area contributed by atoms with Gasteiger partial charge in [-0.15, -0.1) is 0 Å². The lowest BCUT2D eigenvalue weighted by Gasteiger charge is -2.15. The van der Waals surface area contributed by atoms with Gasteiger partial charge < -0.3 is 14.4 Å². The summed E-state index contributed by atoms with van der Waals surface area (Å²) in [5.74, 6) is 0.967. The third kappa shape index (κ3) is 4.14. The topological polar surface area (TPSA) is 57.2 Å². The van der Waals surface area contributed by atoms with Gasteiger partial charge in [0.2, 0.25) is 5.39 Å². The number of ether oxygens (including phenoxy) is 1. The van der Waals surface area contributed by atoms with Crippen molar-refractivity contribution >= 4 is 14.2 Å². The number of carbonyl (C=O) groups excluding carboxylic acids is 1. The highest BCUT2D eigenvalue weighted by atomic mass is 28.3. The Kier molecular flexibility index (Phi) is 3.96. The van der Waals surface area contributed by atoms with Crippen molar-refractivity contribution in [3.05, 3.63) is 24.3 Å². The Morgan fingerprint density at radius 2 is 1.79 bits per heavy atom. The largest absolute Gasteiger partial charge is 0.533 e. The first-order valence-corrected chi connectivity index (χ1v) is 9.75. The molecule has 1 aliphatic heterocycles. The van der Waals surface area contributed by atoms with Gasteiger partial charge in [0.05, 0.1) is 6.61 Å². The van der Waals surface area contributed by atoms with E-state index < -0.39 is 14.2 Å². The molecule has 0 N–H and O–H groups in total. The van der Waals surface area contributed by atoms with Gasteiger partial charge in [0.15, 0.2) is 11.5 Å². The summed E-state index contributed by atoms with van der Waals surface area (Å²) in [4.78, 5) is 26.4. The van der Waals surface area contributed by atoms with E-state index in [-0.39, 0.29) is 0 Å². The molecule has 0 radical (unpaired) electrons. The minimum Gasteiger partial charge on any atom is -0.433 e. The van der Waals surface area contributed by atoms with Crippen LogP contribution in [0.25, 0.3) is 0 Å². The van der Waals surface area contributed by atoms with Crippen LogP contribution in [0, 0.1) is 0 Å². The third-order valence-corrected chi connectivity index (χ3v) is 4.12. The Labute approximate surface area is 112 Å². The third-order valence-electron chi connectivity index (χ3n) is 2.42. The van der Waals surface area contributed by atoms with Crippen molar-refractivity contribution in [3.63, 3.8) is 0 Å². The lowest BCUT2D eigenvalue weighted by Crippen LogP contribution is -2.31. The first-order valence-electron chi connectivity index (χ1n) is 6.04. The molecule has 0 aromatic heterocycles. The highest BCUT2D eigenvalue weighted by molar-refractivity contribution is 6.76. The molecule has 0 bridgehead atoms. The van der Waals surface area contributed by atoms with Crippen LogP contribution < -0.4 is 9.68 Å². The van der Waals surface area contributed by atoms with Crippen LogP contribution in [-0.4, -0.2) is 26.2 Å². The van der Waals surface area contributed by atoms with Gasteiger partial charge in [-0.25, -0.2) is 4.79 Å². The SMILES string of the molecule is C[Si](C)(C)CCOC(=O)ON1Oc2ccccc2O1. The van der Waals surface area contributed by atoms with E-state index in [4.69, 9.17) is 19.2 Å². The molecule has 6 nitrogen and oxygen atoms in total. The number of carbonyl (C=O) groups is 1. The van der Waals surface area contributed by atoms with Crippen molar-refractivity contribution in [2.24, 2.45) is 0 Å². The summed E-state index contributed by atoms with van der Waals surface area (Å²) in [6, 6.07) is 7.87. The van der Waals surface area contributed by atoms with Gasteiger partial charge in [0.1, 0.15) is 0 Å². The molecular formula is C12H17NO5Si. The van der Waals surface area contributed by atoms with Crippen LogP contribution in [0.3, 0.4) is 0 Å². The van der Waals surface area contributed by atoms with Crippen LogP contribution in [0.15, 0.2) is 24.3 Å². The Morgan fingerprint density at radius 1 is 1.21 bits per heavy atom. The second-order valence-corrected chi connectivity index (χ2v) is 11.0. The molecule has 0 atom stereocenters. The highest BCUT2D eigenvalue weighted by Gasteiger charge is 2.27. The maximum absolute atomic E-state index is 11.4. The van der Waals surface area contributed by atoms with Crippen LogP contribution in [-0.2, 0) is 9.57 Å². The van der Waals surface area contributed by atoms with E-state index in [1.807, 2.05) is 0 Å². The number of fused-ring (bicyclic) bond motifs is 1. The molecule has 1 aromatic rings. The predicted octanol–water partition coefficient (Wildman–Crippen LogP) is 3.00. The fraction of sp³-hybridized carbons (Fsp3) is 0.417. The predicted molar refractivity (Wildman–Crippen MR) is 70.1 cm³/mol. The van der Waals surface area contributed by atoms with E-state index in [1.165, 1.54) is 0 Å². The molecule has 1 aliphatic rings. The van der Waals surface area contributed by atoms with Gasteiger partial charge in [-0.2, -0.15) is 0 Å². The monoisotopic (exact) mass is 283 g/mol. The smallest absolute Gasteiger partial charge is 0.433 e. The van der Waals surface area contributed by atoms with Crippen molar-refractivity contribution in [1.29, 1.82) is 0 Å². The minimum absolute atomic E-state index is 0.343. The van der Waals surface area contributed by atoms with Gasteiger partial charge in [-0.05, 0) is 18.2 Å². The maximum Gasteiger partial charge on any atom is 0.533 e. The van der Waals surface area contributed by atoms with E-state index in [1.54, 1.807) is 24.3 Å². The van der Waals surface area contributed by atoms with E-state index in [2.05, 4.69) is 19.6 Å². The summed E-state index contributed by atoms with van der Waals surface area (Å²) >= 11 is 0. The normalized spacial score (nSPS) is 14.3. The standard InChI is InChI=1S/C12H17NO5Si/c1-19(2,3)9-8-15-12(14)18-13-16-10-6-4-5-7-11(10)17-13/h4-7H,8-9H2,1-3H3. The van der Waals surface area contributed by atoms with Crippen LogP contribution in [0.2, 0.25) is 25.7 Å². The van der Waals surface area contributed by atoms with Gasteiger partial charge in [-0.3, -0.25) is 4.84 Å². The molecule has 0 fully saturated rings. The Bertz CT molecular complexity index is 435. The van der Waals surface area contributed by atoms with Crippen molar-refractivity contribution in [1.82, 2.24) is 5.39 Å². The first-order chi connectivity index (χ1) is 8.94. The molecule has 0 aliphatic carbocycles. The number of benzene rings is 1. The molecule has 0 saturated heterocycles. The Morgan fingerprint density at radius 3 is 2.32 bits per heavy atom.